The van der Waals surface area contributed by atoms with E-state index in [9.17, 15) is 8.42 Å². The summed E-state index contributed by atoms with van der Waals surface area (Å²) in [6.45, 7) is 7.11. The molecule has 1 aliphatic heterocycles. The first kappa shape index (κ1) is 21.7. The summed E-state index contributed by atoms with van der Waals surface area (Å²) < 4.78 is 32.8. The first-order valence-electron chi connectivity index (χ1n) is 8.83. The van der Waals surface area contributed by atoms with Crippen LogP contribution in [-0.2, 0) is 16.6 Å². The second-order valence-electron chi connectivity index (χ2n) is 6.80. The van der Waals surface area contributed by atoms with Crippen molar-refractivity contribution < 1.29 is 25.6 Å². The number of methoxy groups -OCH3 is 1. The number of aryl methyl sites for hydroxylation is 2. The predicted octanol–water partition coefficient (Wildman–Crippen LogP) is -0.177. The molecule has 0 saturated carbocycles. The van der Waals surface area contributed by atoms with Crippen molar-refractivity contribution in [3.05, 3.63) is 59.2 Å². The van der Waals surface area contributed by atoms with E-state index >= 15 is 0 Å². The molecule has 0 spiro atoms. The van der Waals surface area contributed by atoms with E-state index in [0.29, 0.717) is 18.0 Å². The lowest BCUT2D eigenvalue weighted by atomic mass is 10.2. The number of piperazine rings is 1. The largest absolute Gasteiger partial charge is 1.00 e. The number of halogens is 1. The lowest BCUT2D eigenvalue weighted by Gasteiger charge is -2.34. The van der Waals surface area contributed by atoms with E-state index in [1.54, 1.807) is 17.5 Å². The molecule has 27 heavy (non-hydrogen) atoms. The molecule has 3 rings (SSSR count). The van der Waals surface area contributed by atoms with Crippen molar-refractivity contribution in [2.75, 3.05) is 33.3 Å². The van der Waals surface area contributed by atoms with E-state index < -0.39 is 10.0 Å². The molecule has 0 N–H and O–H groups in total. The Balaban J connectivity index is 0.00000261. The lowest BCUT2D eigenvalue weighted by Crippen LogP contribution is -3.00. The van der Waals surface area contributed by atoms with Gasteiger partial charge in [-0.25, -0.2) is 8.42 Å². The summed E-state index contributed by atoms with van der Waals surface area (Å²) in [5, 5.41) is 0. The SMILES string of the molecule is COc1cccc(CN2CCN(S(=O)(=O)c3ccc(C)cc3C)CC2)c1.[Cl-]. The first-order valence-corrected chi connectivity index (χ1v) is 10.3. The molecule has 0 amide bonds. The molecule has 0 aromatic heterocycles. The van der Waals surface area contributed by atoms with Crippen LogP contribution in [0.3, 0.4) is 0 Å². The van der Waals surface area contributed by atoms with E-state index in [2.05, 4.69) is 11.0 Å². The third kappa shape index (κ3) is 5.02. The molecular formula is C20H26ClN2O3S-. The molecule has 0 bridgehead atoms. The summed E-state index contributed by atoms with van der Waals surface area (Å²) in [5.74, 6) is 0.846. The molecule has 0 atom stereocenters. The van der Waals surface area contributed by atoms with Crippen molar-refractivity contribution >= 4 is 10.0 Å². The summed E-state index contributed by atoms with van der Waals surface area (Å²) in [5.41, 5.74) is 3.06. The van der Waals surface area contributed by atoms with Crippen LogP contribution in [0.1, 0.15) is 16.7 Å². The molecule has 2 aromatic rings. The minimum atomic E-state index is -3.43. The third-order valence-corrected chi connectivity index (χ3v) is 6.88. The Kier molecular flexibility index (Phi) is 7.28. The van der Waals surface area contributed by atoms with Crippen molar-refractivity contribution in [3.8, 4) is 5.75 Å². The molecule has 0 aliphatic carbocycles. The van der Waals surface area contributed by atoms with Gasteiger partial charge in [0.25, 0.3) is 0 Å². The van der Waals surface area contributed by atoms with Crippen LogP contribution in [0.4, 0.5) is 0 Å². The normalized spacial score (nSPS) is 16.0. The maximum absolute atomic E-state index is 13.0. The highest BCUT2D eigenvalue weighted by molar-refractivity contribution is 7.89. The van der Waals surface area contributed by atoms with Gasteiger partial charge < -0.3 is 17.1 Å². The highest BCUT2D eigenvalue weighted by Gasteiger charge is 2.29. The van der Waals surface area contributed by atoms with Gasteiger partial charge in [-0.1, -0.05) is 29.8 Å². The lowest BCUT2D eigenvalue weighted by molar-refractivity contribution is -0.00000854. The van der Waals surface area contributed by atoms with Crippen molar-refractivity contribution in [2.24, 2.45) is 0 Å². The van der Waals surface area contributed by atoms with E-state index in [-0.39, 0.29) is 12.4 Å². The number of nitrogens with zero attached hydrogens (tertiary/aromatic N) is 2. The van der Waals surface area contributed by atoms with Crippen LogP contribution in [0, 0.1) is 13.8 Å². The maximum Gasteiger partial charge on any atom is 0.243 e. The minimum Gasteiger partial charge on any atom is -1.00 e. The van der Waals surface area contributed by atoms with Gasteiger partial charge in [0.1, 0.15) is 5.75 Å². The summed E-state index contributed by atoms with van der Waals surface area (Å²) in [6, 6.07) is 13.5. The number of hydrogen-bond donors (Lipinski definition) is 0. The molecular weight excluding hydrogens is 384 g/mol. The van der Waals surface area contributed by atoms with Crippen LogP contribution in [0.15, 0.2) is 47.4 Å². The highest BCUT2D eigenvalue weighted by atomic mass is 35.5. The topological polar surface area (TPSA) is 49.9 Å². The van der Waals surface area contributed by atoms with Crippen LogP contribution < -0.4 is 17.1 Å². The van der Waals surface area contributed by atoms with Gasteiger partial charge in [-0.05, 0) is 43.2 Å². The number of sulfonamides is 1. The Morgan fingerprint density at radius 3 is 2.33 bits per heavy atom. The highest BCUT2D eigenvalue weighted by Crippen LogP contribution is 2.23. The molecule has 7 heteroatoms. The summed E-state index contributed by atoms with van der Waals surface area (Å²) >= 11 is 0. The van der Waals surface area contributed by atoms with Crippen LogP contribution >= 0.6 is 0 Å². The van der Waals surface area contributed by atoms with Gasteiger partial charge in [0.15, 0.2) is 0 Å². The quantitative estimate of drug-likeness (QED) is 0.687. The van der Waals surface area contributed by atoms with Crippen molar-refractivity contribution in [2.45, 2.75) is 25.3 Å². The zero-order valence-electron chi connectivity index (χ0n) is 16.0. The zero-order chi connectivity index (χ0) is 18.7. The monoisotopic (exact) mass is 409 g/mol. The van der Waals surface area contributed by atoms with Gasteiger partial charge in [-0.3, -0.25) is 4.90 Å². The Labute approximate surface area is 168 Å². The van der Waals surface area contributed by atoms with Crippen LogP contribution in [-0.4, -0.2) is 50.9 Å². The zero-order valence-corrected chi connectivity index (χ0v) is 17.6. The van der Waals surface area contributed by atoms with Gasteiger partial charge in [0.05, 0.1) is 12.0 Å². The number of benzene rings is 2. The van der Waals surface area contributed by atoms with E-state index in [1.807, 2.05) is 44.2 Å². The fourth-order valence-corrected chi connectivity index (χ4v) is 5.01. The molecule has 148 valence electrons. The van der Waals surface area contributed by atoms with Crippen LogP contribution in [0.5, 0.6) is 5.75 Å². The molecule has 1 aliphatic rings. The molecule has 0 radical (unpaired) electrons. The molecule has 5 nitrogen and oxygen atoms in total. The van der Waals surface area contributed by atoms with E-state index in [1.165, 1.54) is 5.56 Å². The predicted molar refractivity (Wildman–Crippen MR) is 103 cm³/mol. The van der Waals surface area contributed by atoms with Gasteiger partial charge in [0.2, 0.25) is 10.0 Å². The summed E-state index contributed by atoms with van der Waals surface area (Å²) in [7, 11) is -1.77. The third-order valence-electron chi connectivity index (χ3n) is 4.82. The van der Waals surface area contributed by atoms with E-state index in [4.69, 9.17) is 4.74 Å². The standard InChI is InChI=1S/C20H26N2O3S.ClH/c1-16-7-8-20(17(2)13-16)26(23,24)22-11-9-21(10-12-22)15-18-5-4-6-19(14-18)25-3;/h4-8,13-14H,9-12,15H2,1-3H3;1H/p-1. The van der Waals surface area contributed by atoms with Gasteiger partial charge >= 0.3 is 0 Å². The fourth-order valence-electron chi connectivity index (χ4n) is 3.38. The van der Waals surface area contributed by atoms with Crippen LogP contribution in [0.25, 0.3) is 0 Å². The molecule has 1 fully saturated rings. The number of hydrogen-bond acceptors (Lipinski definition) is 4. The molecule has 1 saturated heterocycles. The molecule has 2 aromatic carbocycles. The van der Waals surface area contributed by atoms with Crippen molar-refractivity contribution in [1.82, 2.24) is 9.21 Å². The first-order chi connectivity index (χ1) is 12.4. The second kappa shape index (κ2) is 9.06. The van der Waals surface area contributed by atoms with Crippen molar-refractivity contribution in [3.63, 3.8) is 0 Å². The van der Waals surface area contributed by atoms with E-state index in [0.717, 1.165) is 36.5 Å². The minimum absolute atomic E-state index is 0. The Hall–Kier alpha value is -1.60. The average Bonchev–Trinajstić information content (AvgIpc) is 2.62. The average molecular weight is 410 g/mol. The van der Waals surface area contributed by atoms with Crippen LogP contribution in [0.2, 0.25) is 0 Å². The summed E-state index contributed by atoms with van der Waals surface area (Å²) in [6.07, 6.45) is 0. The summed E-state index contributed by atoms with van der Waals surface area (Å²) in [4.78, 5) is 2.70. The molecule has 0 unspecified atom stereocenters. The van der Waals surface area contributed by atoms with Gasteiger partial charge in [0, 0.05) is 32.7 Å². The Morgan fingerprint density at radius 2 is 1.70 bits per heavy atom. The van der Waals surface area contributed by atoms with Gasteiger partial charge in [-0.2, -0.15) is 4.31 Å². The smallest absolute Gasteiger partial charge is 0.243 e. The Morgan fingerprint density at radius 1 is 1.00 bits per heavy atom. The number of ether oxygens (including phenoxy) is 1. The van der Waals surface area contributed by atoms with Crippen molar-refractivity contribution in [1.29, 1.82) is 0 Å². The molecule has 1 heterocycles. The maximum atomic E-state index is 13.0. The number of rotatable bonds is 5. The Bertz CT molecular complexity index is 879. The van der Waals surface area contributed by atoms with Gasteiger partial charge in [-0.15, -0.1) is 0 Å². The second-order valence-corrected chi connectivity index (χ2v) is 8.71. The fraction of sp³-hybridized carbons (Fsp3) is 0.400.